The zero-order chi connectivity index (χ0) is 26.3. The molecule has 0 saturated heterocycles. The van der Waals surface area contributed by atoms with Gasteiger partial charge in [-0.3, -0.25) is 4.98 Å². The van der Waals surface area contributed by atoms with Crippen LogP contribution < -0.4 is 18.6 Å². The van der Waals surface area contributed by atoms with Gasteiger partial charge < -0.3 is 9.72 Å². The van der Waals surface area contributed by atoms with Gasteiger partial charge >= 0.3 is 5.97 Å². The standard InChI is InChI=1S/C18H14N2O2.C8H16N.ClHO4/c1-2-22-18(21)14-10-20-15-6-5-11-9-16-12(4-3-7-19-16)8-13(11)17(14)15;1-3-9-7-5-4-6-8(9)2;2-1(3,4)5/h3-10,19H,2H2,1H3;3-7H2,1-2H3;(H,2,3,4,5)/q;+1;/p-1. The zero-order valence-electron chi connectivity index (χ0n) is 20.6. The Morgan fingerprint density at radius 1 is 1.11 bits per heavy atom. The van der Waals surface area contributed by atoms with Gasteiger partial charge in [0, 0.05) is 43.1 Å². The predicted octanol–water partition coefficient (Wildman–Crippen LogP) is 0.954. The second-order valence-electron chi connectivity index (χ2n) is 8.33. The Hall–Kier alpha value is -3.08. The zero-order valence-corrected chi connectivity index (χ0v) is 21.3. The number of rotatable bonds is 3. The predicted molar refractivity (Wildman–Crippen MR) is 127 cm³/mol. The number of aromatic nitrogens is 2. The van der Waals surface area contributed by atoms with Gasteiger partial charge in [0.25, 0.3) is 0 Å². The molecule has 1 N–H and O–H groups in total. The highest BCUT2D eigenvalue weighted by atomic mass is 35.7. The first kappa shape index (κ1) is 27.5. The number of nitrogens with zero attached hydrogens (tertiary/aromatic N) is 2. The van der Waals surface area contributed by atoms with E-state index >= 15 is 0 Å². The molecule has 4 aromatic rings. The van der Waals surface area contributed by atoms with E-state index in [1.165, 1.54) is 32.4 Å². The van der Waals surface area contributed by atoms with Crippen molar-refractivity contribution in [3.63, 3.8) is 0 Å². The number of halogens is 1. The van der Waals surface area contributed by atoms with E-state index < -0.39 is 10.2 Å². The molecule has 10 heteroatoms. The molecule has 2 aromatic heterocycles. The minimum Gasteiger partial charge on any atom is -0.462 e. The highest BCUT2D eigenvalue weighted by Crippen LogP contribution is 2.31. The van der Waals surface area contributed by atoms with Gasteiger partial charge in [0.15, 0.2) is 0 Å². The number of nitrogens with one attached hydrogen (secondary N) is 1. The number of esters is 1. The summed E-state index contributed by atoms with van der Waals surface area (Å²) in [4.78, 5) is 19.7. The number of pyridine rings is 1. The molecule has 0 aliphatic carbocycles. The maximum absolute atomic E-state index is 12.2. The monoisotopic (exact) mass is 515 g/mol. The highest BCUT2D eigenvalue weighted by molar-refractivity contribution is 6.18. The summed E-state index contributed by atoms with van der Waals surface area (Å²) in [6.45, 7) is 9.14. The van der Waals surface area contributed by atoms with Crippen LogP contribution in [0.25, 0.3) is 32.6 Å². The Bertz CT molecular complexity index is 1370. The number of carbonyl (C=O) groups excluding carboxylic acids is 1. The Balaban J connectivity index is 0.000000214. The fourth-order valence-corrected chi connectivity index (χ4v) is 4.34. The second-order valence-corrected chi connectivity index (χ2v) is 9.09. The smallest absolute Gasteiger partial charge is 0.340 e. The molecule has 192 valence electrons. The third-order valence-electron chi connectivity index (χ3n) is 6.01. The molecule has 2 aromatic carbocycles. The van der Waals surface area contributed by atoms with Crippen LogP contribution in [0.4, 0.5) is 0 Å². The van der Waals surface area contributed by atoms with E-state index in [-0.39, 0.29) is 5.97 Å². The van der Waals surface area contributed by atoms with Gasteiger partial charge in [-0.1, -0.05) is 12.1 Å². The summed E-state index contributed by atoms with van der Waals surface area (Å²) in [5.74, 6) is -0.322. The Labute approximate surface area is 211 Å². The third kappa shape index (κ3) is 7.22. The van der Waals surface area contributed by atoms with Crippen molar-refractivity contribution in [1.29, 1.82) is 0 Å². The van der Waals surface area contributed by atoms with Crippen LogP contribution in [-0.2, 0) is 4.74 Å². The maximum Gasteiger partial charge on any atom is 0.340 e. The van der Waals surface area contributed by atoms with Gasteiger partial charge in [-0.05, 0) is 60.7 Å². The molecule has 9 nitrogen and oxygen atoms in total. The summed E-state index contributed by atoms with van der Waals surface area (Å²) in [6.07, 6.45) is 7.63. The molecule has 0 unspecified atom stereocenters. The lowest BCUT2D eigenvalue weighted by Gasteiger charge is -2.17. The molecule has 36 heavy (non-hydrogen) atoms. The molecule has 0 fully saturated rings. The number of hydrogen-bond donors (Lipinski definition) is 1. The van der Waals surface area contributed by atoms with Crippen molar-refractivity contribution >= 4 is 44.3 Å². The lowest BCUT2D eigenvalue weighted by Crippen LogP contribution is -2.68. The SMILES string of the molecule is CCOC(=O)c1cnc2ccc3cc4[nH]cccc4cc3c12.CC[N+]1=C(C)CCCC1.[O-][Cl+3]([O-])([O-])[O-]. The normalized spacial score (nSPS) is 13.8. The van der Waals surface area contributed by atoms with Crippen molar-refractivity contribution in [2.24, 2.45) is 0 Å². The molecule has 0 spiro atoms. The van der Waals surface area contributed by atoms with Crippen LogP contribution in [0.1, 0.15) is 50.4 Å². The van der Waals surface area contributed by atoms with E-state index in [0.717, 1.165) is 32.6 Å². The number of ether oxygens (including phenoxy) is 1. The summed E-state index contributed by atoms with van der Waals surface area (Å²) >= 11 is 0. The van der Waals surface area contributed by atoms with Crippen LogP contribution in [-0.4, -0.2) is 45.9 Å². The third-order valence-corrected chi connectivity index (χ3v) is 6.01. The van der Waals surface area contributed by atoms with E-state index in [2.05, 4.69) is 40.5 Å². The summed E-state index contributed by atoms with van der Waals surface area (Å²) < 4.78 is 41.6. The molecular weight excluding hydrogens is 486 g/mol. The van der Waals surface area contributed by atoms with Crippen molar-refractivity contribution in [2.45, 2.75) is 40.0 Å². The van der Waals surface area contributed by atoms with E-state index in [1.807, 2.05) is 30.5 Å². The Morgan fingerprint density at radius 3 is 2.50 bits per heavy atom. The first-order valence-electron chi connectivity index (χ1n) is 11.8. The number of carbonyl (C=O) groups is 1. The topological polar surface area (TPSA) is 150 Å². The average molecular weight is 516 g/mol. The van der Waals surface area contributed by atoms with Gasteiger partial charge in [0.05, 0.1) is 17.7 Å². The molecule has 0 amide bonds. The van der Waals surface area contributed by atoms with Crippen molar-refractivity contribution in [1.82, 2.24) is 9.97 Å². The maximum atomic E-state index is 12.2. The first-order chi connectivity index (χ1) is 17.1. The Morgan fingerprint density at radius 2 is 1.86 bits per heavy atom. The fraction of sp³-hybridized carbons (Fsp3) is 0.346. The lowest BCUT2D eigenvalue weighted by molar-refractivity contribution is -2.00. The van der Waals surface area contributed by atoms with Crippen molar-refractivity contribution in [2.75, 3.05) is 19.7 Å². The van der Waals surface area contributed by atoms with Gasteiger partial charge in [0.2, 0.25) is 0 Å². The minimum atomic E-state index is -4.94. The number of aromatic amines is 1. The van der Waals surface area contributed by atoms with Crippen LogP contribution in [0.2, 0.25) is 0 Å². The van der Waals surface area contributed by atoms with Gasteiger partial charge in [-0.2, -0.15) is 0 Å². The summed E-state index contributed by atoms with van der Waals surface area (Å²) in [6, 6.07) is 12.2. The van der Waals surface area contributed by atoms with E-state index in [4.69, 9.17) is 23.4 Å². The summed E-state index contributed by atoms with van der Waals surface area (Å²) in [5.41, 5.74) is 3.99. The molecule has 5 rings (SSSR count). The van der Waals surface area contributed by atoms with Crippen LogP contribution in [0, 0.1) is 10.2 Å². The molecule has 1 aliphatic heterocycles. The van der Waals surface area contributed by atoms with Crippen LogP contribution >= 0.6 is 0 Å². The molecule has 3 heterocycles. The average Bonchev–Trinajstić information content (AvgIpc) is 3.28. The quantitative estimate of drug-likeness (QED) is 0.242. The number of H-pyrrole nitrogens is 1. The second kappa shape index (κ2) is 12.2. The van der Waals surface area contributed by atoms with E-state index in [9.17, 15) is 4.79 Å². The van der Waals surface area contributed by atoms with Gasteiger partial charge in [0.1, 0.15) is 18.8 Å². The largest absolute Gasteiger partial charge is 0.462 e. The number of hydrogen-bond acceptors (Lipinski definition) is 7. The van der Waals surface area contributed by atoms with Crippen LogP contribution in [0.5, 0.6) is 0 Å². The number of fused-ring (bicyclic) bond motifs is 4. The first-order valence-corrected chi connectivity index (χ1v) is 13.0. The lowest BCUT2D eigenvalue weighted by atomic mass is 10.0. The molecular formula is C26H30ClN3O6. The molecule has 0 atom stereocenters. The fourth-order valence-electron chi connectivity index (χ4n) is 4.34. The molecule has 0 bridgehead atoms. The molecule has 1 aliphatic rings. The summed E-state index contributed by atoms with van der Waals surface area (Å²) in [5, 5.41) is 4.05. The number of benzene rings is 2. The van der Waals surface area contributed by atoms with Crippen molar-refractivity contribution < 1.29 is 43.0 Å². The minimum absolute atomic E-state index is 0.322. The molecule has 0 radical (unpaired) electrons. The molecule has 0 saturated carbocycles. The highest BCUT2D eigenvalue weighted by Gasteiger charge is 2.16. The van der Waals surface area contributed by atoms with Crippen molar-refractivity contribution in [3.05, 3.63) is 54.4 Å². The van der Waals surface area contributed by atoms with Crippen LogP contribution in [0.3, 0.4) is 0 Å². The van der Waals surface area contributed by atoms with E-state index in [0.29, 0.717) is 12.2 Å². The Kier molecular flexibility index (Phi) is 9.36. The van der Waals surface area contributed by atoms with E-state index in [1.54, 1.807) is 18.8 Å². The van der Waals surface area contributed by atoms with Crippen LogP contribution in [0.15, 0.2) is 48.8 Å². The van der Waals surface area contributed by atoms with Crippen molar-refractivity contribution in [3.8, 4) is 0 Å². The summed E-state index contributed by atoms with van der Waals surface area (Å²) in [7, 11) is -4.94. The van der Waals surface area contributed by atoms with Gasteiger partial charge in [-0.25, -0.2) is 28.0 Å². The van der Waals surface area contributed by atoms with Gasteiger partial charge in [-0.15, -0.1) is 10.2 Å².